The third-order valence-electron chi connectivity index (χ3n) is 6.76. The quantitative estimate of drug-likeness (QED) is 0.324. The van der Waals surface area contributed by atoms with Gasteiger partial charge in [0.05, 0.1) is 11.8 Å². The number of halogens is 1. The molecular formula is C27H28ClN3OS. The zero-order valence-corrected chi connectivity index (χ0v) is 20.6. The van der Waals surface area contributed by atoms with E-state index in [2.05, 4.69) is 41.9 Å². The lowest BCUT2D eigenvalue weighted by Crippen LogP contribution is -2.29. The molecule has 170 valence electrons. The molecule has 0 saturated carbocycles. The first kappa shape index (κ1) is 22.3. The third-order valence-corrected chi connectivity index (χ3v) is 8.17. The minimum Gasteiger partial charge on any atom is -0.300 e. The average Bonchev–Trinajstić information content (AvgIpc) is 3.28. The number of rotatable bonds is 6. The van der Waals surface area contributed by atoms with Gasteiger partial charge < -0.3 is 0 Å². The normalized spacial score (nSPS) is 15.8. The van der Waals surface area contributed by atoms with E-state index in [-0.39, 0.29) is 11.6 Å². The van der Waals surface area contributed by atoms with Gasteiger partial charge >= 0.3 is 0 Å². The van der Waals surface area contributed by atoms with Crippen molar-refractivity contribution in [2.24, 2.45) is 0 Å². The molecule has 1 atom stereocenters. The summed E-state index contributed by atoms with van der Waals surface area (Å²) in [6.07, 6.45) is 4.58. The maximum atomic E-state index is 13.4. The second-order valence-corrected chi connectivity index (χ2v) is 10.2. The van der Waals surface area contributed by atoms with Crippen LogP contribution >= 0.6 is 22.9 Å². The molecule has 6 heteroatoms. The molecule has 4 nitrogen and oxygen atoms in total. The largest absolute Gasteiger partial charge is 0.300 e. The Kier molecular flexibility index (Phi) is 6.37. The Labute approximate surface area is 203 Å². The fourth-order valence-electron chi connectivity index (χ4n) is 4.77. The Balaban J connectivity index is 1.40. The van der Waals surface area contributed by atoms with Crippen LogP contribution in [0, 0.1) is 0 Å². The molecule has 0 N–H and O–H groups in total. The topological polar surface area (TPSA) is 38.1 Å². The summed E-state index contributed by atoms with van der Waals surface area (Å²) in [4.78, 5) is 21.5. The van der Waals surface area contributed by atoms with Gasteiger partial charge in [0, 0.05) is 22.5 Å². The number of hydrogen-bond donors (Lipinski definition) is 0. The third kappa shape index (κ3) is 4.50. The molecule has 0 amide bonds. The van der Waals surface area contributed by atoms with Crippen molar-refractivity contribution < 1.29 is 0 Å². The maximum absolute atomic E-state index is 13.4. The fourth-order valence-corrected chi connectivity index (χ4v) is 5.95. The van der Waals surface area contributed by atoms with Crippen molar-refractivity contribution in [1.82, 2.24) is 14.5 Å². The summed E-state index contributed by atoms with van der Waals surface area (Å²) in [5.41, 5.74) is 6.05. The first-order valence-corrected chi connectivity index (χ1v) is 12.8. The van der Waals surface area contributed by atoms with Crippen molar-refractivity contribution in [2.45, 2.75) is 45.7 Å². The van der Waals surface area contributed by atoms with E-state index in [4.69, 9.17) is 11.6 Å². The van der Waals surface area contributed by atoms with Gasteiger partial charge in [-0.3, -0.25) is 14.3 Å². The Hall–Kier alpha value is -2.47. The van der Waals surface area contributed by atoms with Gasteiger partial charge in [-0.2, -0.15) is 0 Å². The first-order chi connectivity index (χ1) is 16.1. The van der Waals surface area contributed by atoms with Gasteiger partial charge in [-0.05, 0) is 72.8 Å². The van der Waals surface area contributed by atoms with Crippen molar-refractivity contribution in [3.05, 3.63) is 86.9 Å². The molecule has 1 unspecified atom stereocenters. The molecule has 0 spiro atoms. The fraction of sp³-hybridized carbons (Fsp3) is 0.333. The smallest absolute Gasteiger partial charge is 0.271 e. The molecule has 0 saturated heterocycles. The predicted octanol–water partition coefficient (Wildman–Crippen LogP) is 6.35. The summed E-state index contributed by atoms with van der Waals surface area (Å²) in [5, 5.41) is 0.707. The van der Waals surface area contributed by atoms with Crippen LogP contribution in [0.4, 0.5) is 0 Å². The van der Waals surface area contributed by atoms with Gasteiger partial charge in [-0.25, -0.2) is 4.98 Å². The second kappa shape index (κ2) is 9.41. The van der Waals surface area contributed by atoms with Crippen molar-refractivity contribution in [3.63, 3.8) is 0 Å². The highest BCUT2D eigenvalue weighted by Gasteiger charge is 2.23. The van der Waals surface area contributed by atoms with Crippen molar-refractivity contribution >= 4 is 33.2 Å². The molecule has 0 bridgehead atoms. The van der Waals surface area contributed by atoms with E-state index < -0.39 is 0 Å². The number of benzene rings is 2. The summed E-state index contributed by atoms with van der Waals surface area (Å²) >= 11 is 7.54. The Morgan fingerprint density at radius 3 is 2.64 bits per heavy atom. The van der Waals surface area contributed by atoms with Crippen LogP contribution in [0.15, 0.2) is 59.7 Å². The van der Waals surface area contributed by atoms with E-state index in [1.54, 1.807) is 6.33 Å². The minimum atomic E-state index is 0.0665. The van der Waals surface area contributed by atoms with Crippen LogP contribution in [0.1, 0.15) is 43.0 Å². The molecule has 1 aliphatic rings. The molecule has 0 fully saturated rings. The molecular weight excluding hydrogens is 450 g/mol. The molecule has 4 aromatic rings. The zero-order valence-electron chi connectivity index (χ0n) is 19.1. The Morgan fingerprint density at radius 2 is 1.88 bits per heavy atom. The van der Waals surface area contributed by atoms with Crippen LogP contribution in [0.2, 0.25) is 5.02 Å². The first-order valence-electron chi connectivity index (χ1n) is 11.6. The second-order valence-electron chi connectivity index (χ2n) is 8.75. The number of aromatic nitrogens is 2. The molecule has 1 aliphatic carbocycles. The number of fused-ring (bicyclic) bond motifs is 2. The average molecular weight is 478 g/mol. The Morgan fingerprint density at radius 1 is 1.09 bits per heavy atom. The maximum Gasteiger partial charge on any atom is 0.271 e. The van der Waals surface area contributed by atoms with Crippen LogP contribution < -0.4 is 5.56 Å². The summed E-state index contributed by atoms with van der Waals surface area (Å²) in [6.45, 7) is 7.55. The van der Waals surface area contributed by atoms with Crippen LogP contribution in [0.25, 0.3) is 20.7 Å². The van der Waals surface area contributed by atoms with Crippen LogP contribution in [-0.2, 0) is 19.4 Å². The molecule has 0 aliphatic heterocycles. The summed E-state index contributed by atoms with van der Waals surface area (Å²) in [5.74, 6) is 0. The standard InChI is InChI=1S/C27H28ClN3OS/c1-3-30(4-2)16-18-5-6-21-14-23(12-9-20(21)13-18)31-17-29-24-15-25(33-26(24)27(31)32)19-7-10-22(28)11-8-19/h5-8,10-11,13,15,17,23H,3-4,9,12,14,16H2,1-2H3. The van der Waals surface area contributed by atoms with Gasteiger partial charge in [0.15, 0.2) is 0 Å². The minimum absolute atomic E-state index is 0.0665. The van der Waals surface area contributed by atoms with Gasteiger partial charge in [0.1, 0.15) is 4.70 Å². The molecule has 33 heavy (non-hydrogen) atoms. The zero-order chi connectivity index (χ0) is 22.9. The molecule has 2 aromatic carbocycles. The predicted molar refractivity (Wildman–Crippen MR) is 138 cm³/mol. The monoisotopic (exact) mass is 477 g/mol. The Bertz CT molecular complexity index is 1340. The lowest BCUT2D eigenvalue weighted by atomic mass is 9.87. The number of nitrogens with zero attached hydrogens (tertiary/aromatic N) is 3. The summed E-state index contributed by atoms with van der Waals surface area (Å²) < 4.78 is 2.58. The van der Waals surface area contributed by atoms with Crippen molar-refractivity contribution in [2.75, 3.05) is 13.1 Å². The summed E-state index contributed by atoms with van der Waals surface area (Å²) in [7, 11) is 0. The highest BCUT2D eigenvalue weighted by Crippen LogP contribution is 2.33. The highest BCUT2D eigenvalue weighted by molar-refractivity contribution is 7.22. The van der Waals surface area contributed by atoms with E-state index in [0.29, 0.717) is 5.02 Å². The van der Waals surface area contributed by atoms with Crippen LogP contribution in [0.3, 0.4) is 0 Å². The number of thiophene rings is 1. The van der Waals surface area contributed by atoms with Crippen LogP contribution in [0.5, 0.6) is 0 Å². The van der Waals surface area contributed by atoms with E-state index >= 15 is 0 Å². The number of aryl methyl sites for hydroxylation is 1. The van der Waals surface area contributed by atoms with Crippen molar-refractivity contribution in [3.8, 4) is 10.4 Å². The molecule has 2 aromatic heterocycles. The SMILES string of the molecule is CCN(CC)Cc1ccc2c(c1)CCC(n1cnc3cc(-c4ccc(Cl)cc4)sc3c1=O)C2. The van der Waals surface area contributed by atoms with Gasteiger partial charge in [0.2, 0.25) is 0 Å². The molecule has 2 heterocycles. The van der Waals surface area contributed by atoms with E-state index in [1.807, 2.05) is 34.9 Å². The van der Waals surface area contributed by atoms with Gasteiger partial charge in [-0.15, -0.1) is 11.3 Å². The lowest BCUT2D eigenvalue weighted by Gasteiger charge is -2.27. The lowest BCUT2D eigenvalue weighted by molar-refractivity contribution is 0.295. The van der Waals surface area contributed by atoms with E-state index in [0.717, 1.165) is 59.6 Å². The number of hydrogen-bond acceptors (Lipinski definition) is 4. The van der Waals surface area contributed by atoms with Gasteiger partial charge in [-0.1, -0.05) is 55.8 Å². The highest BCUT2D eigenvalue weighted by atomic mass is 35.5. The molecule has 5 rings (SSSR count). The van der Waals surface area contributed by atoms with E-state index in [9.17, 15) is 4.79 Å². The van der Waals surface area contributed by atoms with Gasteiger partial charge in [0.25, 0.3) is 5.56 Å². The van der Waals surface area contributed by atoms with Crippen LogP contribution in [-0.4, -0.2) is 27.5 Å². The van der Waals surface area contributed by atoms with Crippen molar-refractivity contribution in [1.29, 1.82) is 0 Å². The molecule has 0 radical (unpaired) electrons. The van der Waals surface area contributed by atoms with E-state index in [1.165, 1.54) is 28.0 Å². The summed E-state index contributed by atoms with van der Waals surface area (Å²) in [6, 6.07) is 16.8.